The van der Waals surface area contributed by atoms with E-state index in [2.05, 4.69) is 34.0 Å². The third-order valence-electron chi connectivity index (χ3n) is 5.62. The van der Waals surface area contributed by atoms with Gasteiger partial charge in [0.2, 0.25) is 0 Å². The zero-order valence-electron chi connectivity index (χ0n) is 16.9. The van der Waals surface area contributed by atoms with Gasteiger partial charge >= 0.3 is 5.97 Å². The van der Waals surface area contributed by atoms with Crippen molar-refractivity contribution >= 4 is 35.9 Å². The number of halogens is 1. The number of carbonyl (C=O) groups is 1. The van der Waals surface area contributed by atoms with Gasteiger partial charge < -0.3 is 15.0 Å². The second-order valence-corrected chi connectivity index (χ2v) is 7.51. The SMILES string of the molecule is CCOC(=O)C1CCN(C(=NC)NCC(C)N2CCC(C)CC2)CC1.I. The minimum atomic E-state index is -0.0435. The third-order valence-corrected chi connectivity index (χ3v) is 5.62. The van der Waals surface area contributed by atoms with Gasteiger partial charge in [-0.15, -0.1) is 24.0 Å². The van der Waals surface area contributed by atoms with Crippen LogP contribution in [0, 0.1) is 11.8 Å². The Balaban J connectivity index is 0.00000338. The average Bonchev–Trinajstić information content (AvgIpc) is 2.63. The van der Waals surface area contributed by atoms with Crippen LogP contribution in [0.3, 0.4) is 0 Å². The van der Waals surface area contributed by atoms with E-state index < -0.39 is 0 Å². The Kier molecular flexibility index (Phi) is 10.8. The lowest BCUT2D eigenvalue weighted by atomic mass is 9.97. The normalized spacial score (nSPS) is 21.8. The summed E-state index contributed by atoms with van der Waals surface area (Å²) >= 11 is 0. The third kappa shape index (κ3) is 6.87. The number of piperidine rings is 2. The first-order chi connectivity index (χ1) is 12.0. The van der Waals surface area contributed by atoms with Gasteiger partial charge in [-0.3, -0.25) is 14.7 Å². The molecule has 0 aromatic rings. The van der Waals surface area contributed by atoms with Crippen LogP contribution in [0.25, 0.3) is 0 Å². The van der Waals surface area contributed by atoms with Crippen LogP contribution in [-0.4, -0.2) is 74.1 Å². The molecule has 0 amide bonds. The van der Waals surface area contributed by atoms with Gasteiger partial charge in [0.25, 0.3) is 0 Å². The first-order valence-electron chi connectivity index (χ1n) is 9.91. The number of likely N-dealkylation sites (tertiary alicyclic amines) is 2. The van der Waals surface area contributed by atoms with Gasteiger partial charge in [-0.2, -0.15) is 0 Å². The number of hydrogen-bond donors (Lipinski definition) is 1. The largest absolute Gasteiger partial charge is 0.466 e. The van der Waals surface area contributed by atoms with Crippen molar-refractivity contribution in [2.24, 2.45) is 16.8 Å². The van der Waals surface area contributed by atoms with Crippen molar-refractivity contribution in [2.75, 3.05) is 46.4 Å². The van der Waals surface area contributed by atoms with Crippen molar-refractivity contribution in [3.05, 3.63) is 0 Å². The Hall–Kier alpha value is -0.570. The second kappa shape index (κ2) is 12.0. The predicted octanol–water partition coefficient (Wildman–Crippen LogP) is 2.58. The van der Waals surface area contributed by atoms with Gasteiger partial charge in [-0.05, 0) is 58.5 Å². The van der Waals surface area contributed by atoms with Gasteiger partial charge in [0.05, 0.1) is 12.5 Å². The number of nitrogens with one attached hydrogen (secondary N) is 1. The first kappa shape index (κ1) is 23.5. The summed E-state index contributed by atoms with van der Waals surface area (Å²) in [6.45, 7) is 12.0. The molecule has 0 radical (unpaired) electrons. The van der Waals surface area contributed by atoms with E-state index in [0.717, 1.165) is 44.4 Å². The van der Waals surface area contributed by atoms with Gasteiger partial charge in [0.1, 0.15) is 0 Å². The lowest BCUT2D eigenvalue weighted by Crippen LogP contribution is -2.51. The number of aliphatic imine (C=N–C) groups is 1. The minimum absolute atomic E-state index is 0. The van der Waals surface area contributed by atoms with Gasteiger partial charge in [0.15, 0.2) is 5.96 Å². The molecule has 26 heavy (non-hydrogen) atoms. The molecule has 0 aromatic carbocycles. The van der Waals surface area contributed by atoms with Crippen molar-refractivity contribution in [1.82, 2.24) is 15.1 Å². The van der Waals surface area contributed by atoms with Gasteiger partial charge in [-0.25, -0.2) is 0 Å². The van der Waals surface area contributed by atoms with E-state index in [1.54, 1.807) is 0 Å². The molecule has 0 aromatic heterocycles. The maximum Gasteiger partial charge on any atom is 0.309 e. The average molecular weight is 480 g/mol. The number of carbonyl (C=O) groups excluding carboxylic acids is 1. The van der Waals surface area contributed by atoms with E-state index >= 15 is 0 Å². The molecule has 2 heterocycles. The maximum absolute atomic E-state index is 11.9. The van der Waals surface area contributed by atoms with E-state index in [-0.39, 0.29) is 35.9 Å². The van der Waals surface area contributed by atoms with Crippen LogP contribution < -0.4 is 5.32 Å². The molecule has 2 rings (SSSR count). The Morgan fingerprint density at radius 3 is 2.35 bits per heavy atom. The summed E-state index contributed by atoms with van der Waals surface area (Å²) in [6.07, 6.45) is 4.30. The molecule has 152 valence electrons. The highest BCUT2D eigenvalue weighted by molar-refractivity contribution is 14.0. The molecule has 1 N–H and O–H groups in total. The zero-order chi connectivity index (χ0) is 18.2. The van der Waals surface area contributed by atoms with Crippen molar-refractivity contribution in [3.63, 3.8) is 0 Å². The van der Waals surface area contributed by atoms with Crippen LogP contribution >= 0.6 is 24.0 Å². The highest BCUT2D eigenvalue weighted by atomic mass is 127. The standard InChI is InChI=1S/C19H36N4O2.HI/c1-5-25-18(24)17-8-12-23(13-9-17)19(20-4)21-14-16(3)22-10-6-15(2)7-11-22;/h15-17H,5-14H2,1-4H3,(H,20,21);1H. The number of rotatable bonds is 5. The molecular formula is C19H37IN4O2. The molecule has 2 fully saturated rings. The fourth-order valence-electron chi connectivity index (χ4n) is 3.76. The predicted molar refractivity (Wildman–Crippen MR) is 117 cm³/mol. The van der Waals surface area contributed by atoms with Gasteiger partial charge in [-0.1, -0.05) is 6.92 Å². The van der Waals surface area contributed by atoms with Crippen LogP contribution in [0.2, 0.25) is 0 Å². The Morgan fingerprint density at radius 2 is 1.81 bits per heavy atom. The Morgan fingerprint density at radius 1 is 1.19 bits per heavy atom. The van der Waals surface area contributed by atoms with Crippen molar-refractivity contribution < 1.29 is 9.53 Å². The molecule has 1 atom stereocenters. The van der Waals surface area contributed by atoms with Crippen LogP contribution in [0.5, 0.6) is 0 Å². The molecule has 2 aliphatic heterocycles. The lowest BCUT2D eigenvalue weighted by molar-refractivity contribution is -0.149. The molecule has 6 nitrogen and oxygen atoms in total. The van der Waals surface area contributed by atoms with Crippen molar-refractivity contribution in [2.45, 2.75) is 52.5 Å². The second-order valence-electron chi connectivity index (χ2n) is 7.51. The first-order valence-corrected chi connectivity index (χ1v) is 9.91. The van der Waals surface area contributed by atoms with Crippen molar-refractivity contribution in [3.8, 4) is 0 Å². The summed E-state index contributed by atoms with van der Waals surface area (Å²) < 4.78 is 5.15. The van der Waals surface area contributed by atoms with E-state index in [1.807, 2.05) is 14.0 Å². The summed E-state index contributed by atoms with van der Waals surface area (Å²) in [4.78, 5) is 21.2. The van der Waals surface area contributed by atoms with E-state index in [1.165, 1.54) is 25.9 Å². The molecule has 2 saturated heterocycles. The van der Waals surface area contributed by atoms with Crippen LogP contribution in [0.1, 0.15) is 46.5 Å². The lowest BCUT2D eigenvalue weighted by Gasteiger charge is -2.37. The monoisotopic (exact) mass is 480 g/mol. The fourth-order valence-corrected chi connectivity index (χ4v) is 3.76. The summed E-state index contributed by atoms with van der Waals surface area (Å²) in [6, 6.07) is 0.515. The number of hydrogen-bond acceptors (Lipinski definition) is 4. The number of guanidine groups is 1. The van der Waals surface area contributed by atoms with Crippen LogP contribution in [0.4, 0.5) is 0 Å². The van der Waals surface area contributed by atoms with E-state index in [0.29, 0.717) is 12.6 Å². The number of esters is 1. The number of nitrogens with zero attached hydrogens (tertiary/aromatic N) is 3. The Bertz CT molecular complexity index is 445. The van der Waals surface area contributed by atoms with Crippen molar-refractivity contribution in [1.29, 1.82) is 0 Å². The topological polar surface area (TPSA) is 57.2 Å². The molecule has 7 heteroatoms. The number of ether oxygens (including phenoxy) is 1. The molecule has 2 aliphatic rings. The van der Waals surface area contributed by atoms with Crippen LogP contribution in [-0.2, 0) is 9.53 Å². The molecule has 0 saturated carbocycles. The van der Waals surface area contributed by atoms with Gasteiger partial charge in [0, 0.05) is 32.7 Å². The smallest absolute Gasteiger partial charge is 0.309 e. The highest BCUT2D eigenvalue weighted by Crippen LogP contribution is 2.19. The quantitative estimate of drug-likeness (QED) is 0.284. The highest BCUT2D eigenvalue weighted by Gasteiger charge is 2.27. The van der Waals surface area contributed by atoms with E-state index in [9.17, 15) is 4.79 Å². The summed E-state index contributed by atoms with van der Waals surface area (Å²) in [7, 11) is 1.84. The summed E-state index contributed by atoms with van der Waals surface area (Å²) in [5, 5.41) is 3.53. The molecule has 0 spiro atoms. The molecular weight excluding hydrogens is 443 g/mol. The maximum atomic E-state index is 11.9. The summed E-state index contributed by atoms with van der Waals surface area (Å²) in [5.74, 6) is 1.83. The fraction of sp³-hybridized carbons (Fsp3) is 0.895. The van der Waals surface area contributed by atoms with E-state index in [4.69, 9.17) is 4.74 Å². The molecule has 0 bridgehead atoms. The molecule has 0 aliphatic carbocycles. The molecule has 1 unspecified atom stereocenters. The summed E-state index contributed by atoms with van der Waals surface area (Å²) in [5.41, 5.74) is 0. The minimum Gasteiger partial charge on any atom is -0.466 e. The van der Waals surface area contributed by atoms with Crippen LogP contribution in [0.15, 0.2) is 4.99 Å². The Labute approximate surface area is 176 Å². The zero-order valence-corrected chi connectivity index (χ0v) is 19.2.